The van der Waals surface area contributed by atoms with Gasteiger partial charge in [-0.15, -0.1) is 0 Å². The summed E-state index contributed by atoms with van der Waals surface area (Å²) in [5.74, 6) is 0.683. The van der Waals surface area contributed by atoms with Crippen LogP contribution in [0.15, 0.2) is 64.3 Å². The first-order valence-corrected chi connectivity index (χ1v) is 8.21. The van der Waals surface area contributed by atoms with E-state index in [1.165, 1.54) is 12.5 Å². The summed E-state index contributed by atoms with van der Waals surface area (Å²) in [5.41, 5.74) is 0.299. The van der Waals surface area contributed by atoms with Crippen molar-refractivity contribution in [2.75, 3.05) is 5.32 Å². The number of benzene rings is 1. The molecule has 0 saturated heterocycles. The van der Waals surface area contributed by atoms with Crippen LogP contribution in [0.5, 0.6) is 11.6 Å². The van der Waals surface area contributed by atoms with Gasteiger partial charge >= 0.3 is 5.56 Å². The quantitative estimate of drug-likeness (QED) is 0.732. The van der Waals surface area contributed by atoms with Crippen LogP contribution in [0.1, 0.15) is 24.4 Å². The van der Waals surface area contributed by atoms with Gasteiger partial charge in [-0.25, -0.2) is 4.98 Å². The Labute approximate surface area is 150 Å². The van der Waals surface area contributed by atoms with Crippen molar-refractivity contribution in [1.29, 1.82) is 0 Å². The van der Waals surface area contributed by atoms with Crippen molar-refractivity contribution >= 4 is 11.6 Å². The van der Waals surface area contributed by atoms with E-state index in [1.54, 1.807) is 47.2 Å². The van der Waals surface area contributed by atoms with Crippen molar-refractivity contribution in [2.24, 2.45) is 5.92 Å². The molecule has 0 aliphatic rings. The average molecular weight is 353 g/mol. The first-order chi connectivity index (χ1) is 12.5. The second-order valence-corrected chi connectivity index (χ2v) is 6.14. The summed E-state index contributed by atoms with van der Waals surface area (Å²) in [7, 11) is 0. The number of carbonyl (C=O) groups is 1. The van der Waals surface area contributed by atoms with E-state index in [0.29, 0.717) is 23.9 Å². The molecule has 0 spiro atoms. The molecule has 2 aromatic heterocycles. The molecule has 1 aromatic carbocycles. The summed E-state index contributed by atoms with van der Waals surface area (Å²) in [4.78, 5) is 28.3. The van der Waals surface area contributed by atoms with Gasteiger partial charge in [-0.05, 0) is 42.3 Å². The van der Waals surface area contributed by atoms with E-state index in [0.717, 1.165) is 0 Å². The lowest BCUT2D eigenvalue weighted by atomic mass is 10.2. The van der Waals surface area contributed by atoms with Crippen LogP contribution in [-0.4, -0.2) is 15.5 Å². The van der Waals surface area contributed by atoms with E-state index in [1.807, 2.05) is 13.8 Å². The third-order valence-corrected chi connectivity index (χ3v) is 3.52. The second kappa shape index (κ2) is 7.69. The standard InChI is InChI=1S/C19H19N3O4/c1-13(2)12-22-10-9-20-18(19(22)24)26-15-7-5-14(6-8-15)21-17(23)16-4-3-11-25-16/h3-11,13H,12H2,1-2H3,(H,21,23). The maximum atomic E-state index is 12.4. The minimum absolute atomic E-state index is 0.0144. The Kier molecular flexibility index (Phi) is 5.17. The minimum Gasteiger partial charge on any atom is -0.459 e. The molecule has 26 heavy (non-hydrogen) atoms. The fourth-order valence-corrected chi connectivity index (χ4v) is 2.35. The first kappa shape index (κ1) is 17.5. The van der Waals surface area contributed by atoms with Crippen LogP contribution in [0.25, 0.3) is 0 Å². The van der Waals surface area contributed by atoms with E-state index < -0.39 is 0 Å². The zero-order valence-corrected chi connectivity index (χ0v) is 14.5. The summed E-state index contributed by atoms with van der Waals surface area (Å²) < 4.78 is 12.2. The Morgan fingerprint density at radius 1 is 1.27 bits per heavy atom. The van der Waals surface area contributed by atoms with E-state index in [2.05, 4.69) is 10.3 Å². The summed E-state index contributed by atoms with van der Waals surface area (Å²) in [5, 5.41) is 2.71. The summed E-state index contributed by atoms with van der Waals surface area (Å²) in [6, 6.07) is 9.87. The van der Waals surface area contributed by atoms with E-state index in [-0.39, 0.29) is 23.1 Å². The molecule has 0 aliphatic heterocycles. The number of furan rings is 1. The summed E-state index contributed by atoms with van der Waals surface area (Å²) >= 11 is 0. The molecule has 0 radical (unpaired) electrons. The molecule has 2 heterocycles. The van der Waals surface area contributed by atoms with Crippen molar-refractivity contribution in [3.8, 4) is 11.6 Å². The average Bonchev–Trinajstić information content (AvgIpc) is 3.14. The maximum Gasteiger partial charge on any atom is 0.313 e. The Morgan fingerprint density at radius 2 is 2.04 bits per heavy atom. The monoisotopic (exact) mass is 353 g/mol. The van der Waals surface area contributed by atoms with Gasteiger partial charge < -0.3 is 19.0 Å². The molecule has 0 aliphatic carbocycles. The van der Waals surface area contributed by atoms with E-state index in [4.69, 9.17) is 9.15 Å². The smallest absolute Gasteiger partial charge is 0.313 e. The summed E-state index contributed by atoms with van der Waals surface area (Å²) in [6.07, 6.45) is 4.62. The number of nitrogens with zero attached hydrogens (tertiary/aromatic N) is 2. The van der Waals surface area contributed by atoms with Crippen LogP contribution < -0.4 is 15.6 Å². The molecule has 3 rings (SSSR count). The van der Waals surface area contributed by atoms with Gasteiger partial charge in [0.2, 0.25) is 0 Å². The topological polar surface area (TPSA) is 86.4 Å². The molecule has 134 valence electrons. The molecular weight excluding hydrogens is 334 g/mol. The fourth-order valence-electron chi connectivity index (χ4n) is 2.35. The number of hydrogen-bond acceptors (Lipinski definition) is 5. The zero-order valence-electron chi connectivity index (χ0n) is 14.5. The number of aromatic nitrogens is 2. The Hall–Kier alpha value is -3.35. The van der Waals surface area contributed by atoms with Crippen molar-refractivity contribution in [1.82, 2.24) is 9.55 Å². The normalized spacial score (nSPS) is 10.7. The largest absolute Gasteiger partial charge is 0.459 e. The lowest BCUT2D eigenvalue weighted by Gasteiger charge is -2.10. The second-order valence-electron chi connectivity index (χ2n) is 6.14. The maximum absolute atomic E-state index is 12.4. The van der Waals surface area contributed by atoms with Crippen molar-refractivity contribution < 1.29 is 13.9 Å². The molecule has 3 aromatic rings. The molecule has 1 amide bonds. The molecule has 0 bridgehead atoms. The van der Waals surface area contributed by atoms with Crippen LogP contribution in [0.4, 0.5) is 5.69 Å². The van der Waals surface area contributed by atoms with Gasteiger partial charge in [0.15, 0.2) is 5.76 Å². The molecule has 7 nitrogen and oxygen atoms in total. The van der Waals surface area contributed by atoms with Gasteiger partial charge in [-0.3, -0.25) is 9.59 Å². The number of hydrogen-bond donors (Lipinski definition) is 1. The molecule has 0 unspecified atom stereocenters. The Balaban J connectivity index is 1.70. The summed E-state index contributed by atoms with van der Waals surface area (Å²) in [6.45, 7) is 4.65. The molecular formula is C19H19N3O4. The van der Waals surface area contributed by atoms with Gasteiger partial charge in [0, 0.05) is 24.6 Å². The van der Waals surface area contributed by atoms with Crippen molar-refractivity contribution in [3.05, 3.63) is 71.2 Å². The third kappa shape index (κ3) is 4.18. The van der Waals surface area contributed by atoms with Crippen LogP contribution in [0.2, 0.25) is 0 Å². The molecule has 0 fully saturated rings. The highest BCUT2D eigenvalue weighted by molar-refractivity contribution is 6.02. The lowest BCUT2D eigenvalue weighted by Crippen LogP contribution is -2.23. The van der Waals surface area contributed by atoms with Gasteiger partial charge in [0.1, 0.15) is 5.75 Å². The number of carbonyl (C=O) groups excluding carboxylic acids is 1. The molecule has 0 atom stereocenters. The predicted octanol–water partition coefficient (Wildman–Crippen LogP) is 3.54. The van der Waals surface area contributed by atoms with E-state index in [9.17, 15) is 9.59 Å². The first-order valence-electron chi connectivity index (χ1n) is 8.21. The molecule has 1 N–H and O–H groups in total. The number of anilines is 1. The van der Waals surface area contributed by atoms with Crippen molar-refractivity contribution in [2.45, 2.75) is 20.4 Å². The van der Waals surface area contributed by atoms with Crippen LogP contribution in [-0.2, 0) is 6.54 Å². The number of rotatable bonds is 6. The highest BCUT2D eigenvalue weighted by Gasteiger charge is 2.10. The highest BCUT2D eigenvalue weighted by atomic mass is 16.5. The third-order valence-electron chi connectivity index (χ3n) is 3.52. The van der Waals surface area contributed by atoms with Gasteiger partial charge in [0.25, 0.3) is 11.8 Å². The van der Waals surface area contributed by atoms with Gasteiger partial charge in [-0.1, -0.05) is 13.8 Å². The number of nitrogens with one attached hydrogen (secondary N) is 1. The lowest BCUT2D eigenvalue weighted by molar-refractivity contribution is 0.0996. The molecule has 0 saturated carbocycles. The molecule has 7 heteroatoms. The predicted molar refractivity (Wildman–Crippen MR) is 96.5 cm³/mol. The van der Waals surface area contributed by atoms with Crippen LogP contribution in [0.3, 0.4) is 0 Å². The number of ether oxygens (including phenoxy) is 1. The Bertz CT molecular complexity index is 928. The van der Waals surface area contributed by atoms with Crippen molar-refractivity contribution in [3.63, 3.8) is 0 Å². The van der Waals surface area contributed by atoms with Crippen LogP contribution >= 0.6 is 0 Å². The zero-order chi connectivity index (χ0) is 18.5. The van der Waals surface area contributed by atoms with Gasteiger partial charge in [0.05, 0.1) is 6.26 Å². The SMILES string of the molecule is CC(C)Cn1ccnc(Oc2ccc(NC(=O)c3ccco3)cc2)c1=O. The number of amides is 1. The fraction of sp³-hybridized carbons (Fsp3) is 0.211. The van der Waals surface area contributed by atoms with E-state index >= 15 is 0 Å². The van der Waals surface area contributed by atoms with Crippen LogP contribution in [0, 0.1) is 5.92 Å². The highest BCUT2D eigenvalue weighted by Crippen LogP contribution is 2.20. The minimum atomic E-state index is -0.343. The Morgan fingerprint density at radius 3 is 2.69 bits per heavy atom. The van der Waals surface area contributed by atoms with Gasteiger partial charge in [-0.2, -0.15) is 0 Å².